The first kappa shape index (κ1) is 15.9. The lowest BCUT2D eigenvalue weighted by molar-refractivity contribution is -0.124. The summed E-state index contributed by atoms with van der Waals surface area (Å²) >= 11 is 0. The van der Waals surface area contributed by atoms with E-state index >= 15 is 0 Å². The molecule has 0 aromatic carbocycles. The first-order valence-electron chi connectivity index (χ1n) is 8.03. The molecule has 10 heteroatoms. The van der Waals surface area contributed by atoms with Crippen LogP contribution in [0.25, 0.3) is 17.1 Å². The number of aryl methyl sites for hydroxylation is 1. The van der Waals surface area contributed by atoms with Gasteiger partial charge in [-0.05, 0) is 32.0 Å². The highest BCUT2D eigenvalue weighted by Gasteiger charge is 2.18. The Morgan fingerprint density at radius 1 is 1.31 bits per heavy atom. The Kier molecular flexibility index (Phi) is 3.92. The van der Waals surface area contributed by atoms with E-state index in [9.17, 15) is 4.79 Å². The minimum absolute atomic E-state index is 0.158. The summed E-state index contributed by atoms with van der Waals surface area (Å²) in [5, 5.41) is 19.1. The van der Waals surface area contributed by atoms with E-state index in [0.29, 0.717) is 28.8 Å². The largest absolute Gasteiger partial charge is 0.347 e. The highest BCUT2D eigenvalue weighted by atomic mass is 16.5. The van der Waals surface area contributed by atoms with Crippen molar-refractivity contribution in [1.29, 1.82) is 0 Å². The smallest absolute Gasteiger partial charge is 0.261 e. The third-order valence-electron chi connectivity index (χ3n) is 3.99. The van der Waals surface area contributed by atoms with E-state index in [4.69, 9.17) is 4.52 Å². The highest BCUT2D eigenvalue weighted by Crippen LogP contribution is 2.22. The maximum atomic E-state index is 12.3. The number of nitrogens with one attached hydrogen (secondary N) is 1. The van der Waals surface area contributed by atoms with Crippen molar-refractivity contribution in [3.05, 3.63) is 48.4 Å². The van der Waals surface area contributed by atoms with Crippen LogP contribution in [0.1, 0.15) is 24.6 Å². The molecule has 1 N–H and O–H groups in total. The Labute approximate surface area is 147 Å². The Morgan fingerprint density at radius 2 is 2.19 bits per heavy atom. The van der Waals surface area contributed by atoms with Gasteiger partial charge in [-0.25, -0.2) is 0 Å². The number of hydrogen-bond donors (Lipinski definition) is 1. The molecule has 0 bridgehead atoms. The summed E-state index contributed by atoms with van der Waals surface area (Å²) in [7, 11) is 0. The number of hydrogen-bond acceptors (Lipinski definition) is 7. The molecule has 0 spiro atoms. The Balaban J connectivity index is 1.55. The number of nitrogens with zero attached hydrogens (tertiary/aromatic N) is 7. The first-order chi connectivity index (χ1) is 12.6. The molecule has 132 valence electrons. The van der Waals surface area contributed by atoms with Gasteiger partial charge in [0.2, 0.25) is 5.91 Å². The number of aromatic nitrogens is 7. The van der Waals surface area contributed by atoms with E-state index in [1.807, 2.05) is 18.3 Å². The molecular weight excluding hydrogens is 336 g/mol. The summed E-state index contributed by atoms with van der Waals surface area (Å²) < 4.78 is 8.59. The van der Waals surface area contributed by atoms with Crippen LogP contribution < -0.4 is 5.32 Å². The average molecular weight is 352 g/mol. The molecule has 0 saturated heterocycles. The van der Waals surface area contributed by atoms with Gasteiger partial charge < -0.3 is 9.84 Å². The van der Waals surface area contributed by atoms with Crippen molar-refractivity contribution >= 4 is 11.6 Å². The van der Waals surface area contributed by atoms with Crippen molar-refractivity contribution in [2.75, 3.05) is 0 Å². The second-order valence-electron chi connectivity index (χ2n) is 5.76. The van der Waals surface area contributed by atoms with Crippen molar-refractivity contribution in [3.63, 3.8) is 0 Å². The summed E-state index contributed by atoms with van der Waals surface area (Å²) in [4.78, 5) is 16.5. The zero-order valence-electron chi connectivity index (χ0n) is 14.2. The summed E-state index contributed by atoms with van der Waals surface area (Å²) in [6.45, 7) is 3.76. The highest BCUT2D eigenvalue weighted by molar-refractivity contribution is 5.79. The third-order valence-corrected chi connectivity index (χ3v) is 3.99. The lowest BCUT2D eigenvalue weighted by atomic mass is 10.2. The Bertz CT molecular complexity index is 1050. The van der Waals surface area contributed by atoms with Crippen LogP contribution in [0.2, 0.25) is 0 Å². The van der Waals surface area contributed by atoms with Crippen LogP contribution in [-0.4, -0.2) is 40.4 Å². The van der Waals surface area contributed by atoms with Crippen LogP contribution >= 0.6 is 0 Å². The predicted octanol–water partition coefficient (Wildman–Crippen LogP) is 1.16. The molecule has 0 aliphatic rings. The van der Waals surface area contributed by atoms with Crippen molar-refractivity contribution in [3.8, 4) is 11.5 Å². The molecule has 26 heavy (non-hydrogen) atoms. The van der Waals surface area contributed by atoms with Gasteiger partial charge in [0.05, 0.1) is 12.1 Å². The Morgan fingerprint density at radius 3 is 2.92 bits per heavy atom. The van der Waals surface area contributed by atoms with E-state index in [1.54, 1.807) is 41.4 Å². The molecule has 0 unspecified atom stereocenters. The zero-order valence-corrected chi connectivity index (χ0v) is 14.2. The quantitative estimate of drug-likeness (QED) is 0.573. The maximum absolute atomic E-state index is 12.3. The van der Waals surface area contributed by atoms with Crippen LogP contribution in [0.5, 0.6) is 0 Å². The monoisotopic (exact) mass is 352 g/mol. The molecule has 10 nitrogen and oxygen atoms in total. The summed E-state index contributed by atoms with van der Waals surface area (Å²) in [5.74, 6) is 1.36. The molecule has 0 aliphatic heterocycles. The standard InChI is InChI=1S/C16H16N8O2/c1-10(24-8-4-6-18-24)15(25)17-9-13-20-21-14-12(5-3-7-23(13)14)16-19-11(2)22-26-16/h3-8,10H,9H2,1-2H3,(H,17,25)/t10-/m1/s1. The predicted molar refractivity (Wildman–Crippen MR) is 89.8 cm³/mol. The fourth-order valence-corrected chi connectivity index (χ4v) is 2.60. The fraction of sp³-hybridized carbons (Fsp3) is 0.250. The van der Waals surface area contributed by atoms with Crippen molar-refractivity contribution in [2.24, 2.45) is 0 Å². The van der Waals surface area contributed by atoms with Crippen LogP contribution in [-0.2, 0) is 11.3 Å². The minimum atomic E-state index is -0.416. The molecule has 4 rings (SSSR count). The van der Waals surface area contributed by atoms with Gasteiger partial charge in [-0.3, -0.25) is 13.9 Å². The van der Waals surface area contributed by atoms with E-state index in [1.165, 1.54) is 0 Å². The summed E-state index contributed by atoms with van der Waals surface area (Å²) in [5.41, 5.74) is 1.27. The van der Waals surface area contributed by atoms with Crippen LogP contribution in [0.3, 0.4) is 0 Å². The van der Waals surface area contributed by atoms with Crippen molar-refractivity contribution in [2.45, 2.75) is 26.4 Å². The Hall–Kier alpha value is -3.56. The molecular formula is C16H16N8O2. The van der Waals surface area contributed by atoms with Gasteiger partial charge in [-0.15, -0.1) is 10.2 Å². The van der Waals surface area contributed by atoms with E-state index < -0.39 is 6.04 Å². The van der Waals surface area contributed by atoms with Crippen molar-refractivity contribution < 1.29 is 9.32 Å². The summed E-state index contributed by atoms with van der Waals surface area (Å²) in [6.07, 6.45) is 5.20. The number of amides is 1. The van der Waals surface area contributed by atoms with Gasteiger partial charge in [-0.2, -0.15) is 10.1 Å². The molecule has 0 fully saturated rings. The molecule has 0 radical (unpaired) electrons. The fourth-order valence-electron chi connectivity index (χ4n) is 2.60. The molecule has 0 saturated carbocycles. The second-order valence-corrected chi connectivity index (χ2v) is 5.76. The number of carbonyl (C=O) groups is 1. The molecule has 4 aromatic heterocycles. The molecule has 1 amide bonds. The normalized spacial score (nSPS) is 12.4. The summed E-state index contributed by atoms with van der Waals surface area (Å²) in [6, 6.07) is 5.03. The molecule has 4 aromatic rings. The van der Waals surface area contributed by atoms with E-state index in [-0.39, 0.29) is 12.5 Å². The number of rotatable bonds is 5. The second kappa shape index (κ2) is 6.39. The van der Waals surface area contributed by atoms with Gasteiger partial charge in [0.15, 0.2) is 17.3 Å². The molecule has 1 atom stereocenters. The average Bonchev–Trinajstić information content (AvgIpc) is 3.39. The molecule has 0 aliphatic carbocycles. The van der Waals surface area contributed by atoms with Gasteiger partial charge >= 0.3 is 0 Å². The van der Waals surface area contributed by atoms with Crippen LogP contribution in [0.15, 0.2) is 41.3 Å². The lowest BCUT2D eigenvalue weighted by Crippen LogP contribution is -2.31. The number of fused-ring (bicyclic) bond motifs is 1. The van der Waals surface area contributed by atoms with Crippen molar-refractivity contribution in [1.82, 2.24) is 39.8 Å². The maximum Gasteiger partial charge on any atom is 0.261 e. The number of pyridine rings is 1. The third kappa shape index (κ3) is 2.81. The number of carbonyl (C=O) groups excluding carboxylic acids is 1. The topological polar surface area (TPSA) is 116 Å². The SMILES string of the molecule is Cc1noc(-c2cccn3c(CNC(=O)[C@@H](C)n4cccn4)nnc23)n1. The first-order valence-corrected chi connectivity index (χ1v) is 8.03. The van der Waals surface area contributed by atoms with Crippen LogP contribution in [0, 0.1) is 6.92 Å². The minimum Gasteiger partial charge on any atom is -0.347 e. The molecule has 4 heterocycles. The van der Waals surface area contributed by atoms with Gasteiger partial charge in [0, 0.05) is 18.6 Å². The lowest BCUT2D eigenvalue weighted by Gasteiger charge is -2.12. The zero-order chi connectivity index (χ0) is 18.1. The van der Waals surface area contributed by atoms with Crippen LogP contribution in [0.4, 0.5) is 0 Å². The van der Waals surface area contributed by atoms with Gasteiger partial charge in [-0.1, -0.05) is 5.16 Å². The van der Waals surface area contributed by atoms with E-state index in [0.717, 1.165) is 0 Å². The van der Waals surface area contributed by atoms with Gasteiger partial charge in [0.1, 0.15) is 6.04 Å². The van der Waals surface area contributed by atoms with E-state index in [2.05, 4.69) is 30.8 Å². The van der Waals surface area contributed by atoms with Gasteiger partial charge in [0.25, 0.3) is 5.89 Å².